The maximum Gasteiger partial charge on any atom is 0.0766 e. The first kappa shape index (κ1) is 10.1. The van der Waals surface area contributed by atoms with E-state index in [1.807, 2.05) is 0 Å². The van der Waals surface area contributed by atoms with Crippen LogP contribution in [0.5, 0.6) is 0 Å². The van der Waals surface area contributed by atoms with Crippen molar-refractivity contribution < 1.29 is 0 Å². The van der Waals surface area contributed by atoms with Gasteiger partial charge in [-0.05, 0) is 32.2 Å². The molecule has 0 aliphatic carbocycles. The topological polar surface area (TPSA) is 12.0 Å². The van der Waals surface area contributed by atoms with E-state index >= 15 is 0 Å². The summed E-state index contributed by atoms with van der Waals surface area (Å²) in [5.41, 5.74) is 1.27. The van der Waals surface area contributed by atoms with Crippen molar-refractivity contribution >= 4 is 17.0 Å². The highest BCUT2D eigenvalue weighted by Gasteiger charge is 2.02. The molecule has 1 N–H and O–H groups in total. The number of rotatable bonds is 2. The summed E-state index contributed by atoms with van der Waals surface area (Å²) in [6.45, 7) is 7.08. The van der Waals surface area contributed by atoms with Gasteiger partial charge in [0.1, 0.15) is 0 Å². The fourth-order valence-electron chi connectivity index (χ4n) is 0.821. The van der Waals surface area contributed by atoms with Gasteiger partial charge in [-0.1, -0.05) is 11.8 Å². The van der Waals surface area contributed by atoms with Crippen molar-refractivity contribution in [1.29, 1.82) is 0 Å². The molecular formula is C11H15NS. The van der Waals surface area contributed by atoms with E-state index in [0.717, 1.165) is 12.2 Å². The van der Waals surface area contributed by atoms with Gasteiger partial charge in [0.05, 0.1) is 6.54 Å². The monoisotopic (exact) mass is 193 g/mol. The molecule has 0 radical (unpaired) electrons. The summed E-state index contributed by atoms with van der Waals surface area (Å²) < 4.78 is 0. The van der Waals surface area contributed by atoms with E-state index in [2.05, 4.69) is 54.8 Å². The molecule has 0 spiro atoms. The molecule has 0 unspecified atom stereocenters. The van der Waals surface area contributed by atoms with Crippen molar-refractivity contribution in [1.82, 2.24) is 0 Å². The second-order valence-electron chi connectivity index (χ2n) is 3.92. The fourth-order valence-corrected chi connectivity index (χ4v) is 1.43. The second-order valence-corrected chi connectivity index (χ2v) is 4.70. The molecule has 70 valence electrons. The average Bonchev–Trinajstić information content (AvgIpc) is 2.48. The standard InChI is InChI=1S/C11H15NS/c1-11(2,3)6-4-7-12-10-5-8-13-9-10/h5,8-9,12H,7H2,1-3H3. The molecule has 0 amide bonds. The molecule has 0 atom stereocenters. The molecule has 1 aromatic heterocycles. The van der Waals surface area contributed by atoms with Crippen LogP contribution in [0.1, 0.15) is 20.8 Å². The van der Waals surface area contributed by atoms with Crippen LogP contribution in [0.15, 0.2) is 16.8 Å². The van der Waals surface area contributed by atoms with Crippen molar-refractivity contribution in [3.8, 4) is 11.8 Å². The van der Waals surface area contributed by atoms with E-state index in [9.17, 15) is 0 Å². The van der Waals surface area contributed by atoms with Gasteiger partial charge in [0.25, 0.3) is 0 Å². The third-order valence-corrected chi connectivity index (χ3v) is 2.05. The Kier molecular flexibility index (Phi) is 3.39. The minimum absolute atomic E-state index is 0.107. The van der Waals surface area contributed by atoms with Crippen molar-refractivity contribution in [2.75, 3.05) is 11.9 Å². The lowest BCUT2D eigenvalue weighted by atomic mass is 9.98. The molecule has 1 nitrogen and oxygen atoms in total. The first-order chi connectivity index (χ1) is 6.08. The zero-order chi connectivity index (χ0) is 9.73. The molecule has 1 heterocycles. The molecule has 0 aliphatic rings. The lowest BCUT2D eigenvalue weighted by Crippen LogP contribution is -2.02. The minimum Gasteiger partial charge on any atom is -0.373 e. The van der Waals surface area contributed by atoms with Gasteiger partial charge in [-0.3, -0.25) is 0 Å². The van der Waals surface area contributed by atoms with Gasteiger partial charge in [-0.15, -0.1) is 0 Å². The highest BCUT2D eigenvalue weighted by Crippen LogP contribution is 2.11. The van der Waals surface area contributed by atoms with Crippen molar-refractivity contribution in [3.63, 3.8) is 0 Å². The van der Waals surface area contributed by atoms with Crippen LogP contribution < -0.4 is 5.32 Å². The van der Waals surface area contributed by atoms with Crippen LogP contribution in [0.4, 0.5) is 5.69 Å². The van der Waals surface area contributed by atoms with Gasteiger partial charge in [-0.2, -0.15) is 11.3 Å². The van der Waals surface area contributed by atoms with Gasteiger partial charge in [0.15, 0.2) is 0 Å². The third kappa shape index (κ3) is 4.59. The molecule has 13 heavy (non-hydrogen) atoms. The lowest BCUT2D eigenvalue weighted by molar-refractivity contribution is 0.570. The molecule has 1 aromatic rings. The number of hydrogen-bond donors (Lipinski definition) is 1. The summed E-state index contributed by atoms with van der Waals surface area (Å²) >= 11 is 1.69. The van der Waals surface area contributed by atoms with Crippen LogP contribution in [-0.4, -0.2) is 6.54 Å². The molecule has 0 fully saturated rings. The normalized spacial score (nSPS) is 10.4. The SMILES string of the molecule is CC(C)(C)C#CCNc1ccsc1. The predicted octanol–water partition coefficient (Wildman–Crippen LogP) is 3.21. The van der Waals surface area contributed by atoms with Crippen molar-refractivity contribution in [2.24, 2.45) is 5.41 Å². The Hall–Kier alpha value is -0.940. The molecule has 2 heteroatoms. The average molecular weight is 193 g/mol. The summed E-state index contributed by atoms with van der Waals surface area (Å²) in [6, 6.07) is 2.06. The van der Waals surface area contributed by atoms with E-state index in [1.54, 1.807) is 11.3 Å². The first-order valence-corrected chi connectivity index (χ1v) is 5.28. The largest absolute Gasteiger partial charge is 0.373 e. The van der Waals surface area contributed by atoms with Gasteiger partial charge >= 0.3 is 0 Å². The van der Waals surface area contributed by atoms with Crippen LogP contribution in [0.25, 0.3) is 0 Å². The summed E-state index contributed by atoms with van der Waals surface area (Å²) in [5, 5.41) is 7.37. The zero-order valence-electron chi connectivity index (χ0n) is 8.35. The predicted molar refractivity (Wildman–Crippen MR) is 60.0 cm³/mol. The molecule has 0 aliphatic heterocycles. The summed E-state index contributed by atoms with van der Waals surface area (Å²) in [7, 11) is 0. The van der Waals surface area contributed by atoms with Crippen LogP contribution in [0.3, 0.4) is 0 Å². The van der Waals surface area contributed by atoms with E-state index in [-0.39, 0.29) is 5.41 Å². The molecule has 0 saturated carbocycles. The number of anilines is 1. The molecule has 0 aromatic carbocycles. The Bertz CT molecular complexity index is 295. The van der Waals surface area contributed by atoms with E-state index < -0.39 is 0 Å². The van der Waals surface area contributed by atoms with E-state index in [4.69, 9.17) is 0 Å². The van der Waals surface area contributed by atoms with E-state index in [1.165, 1.54) is 0 Å². The molecule has 0 saturated heterocycles. The zero-order valence-corrected chi connectivity index (χ0v) is 9.16. The van der Waals surface area contributed by atoms with Crippen LogP contribution in [0.2, 0.25) is 0 Å². The Morgan fingerprint density at radius 2 is 2.23 bits per heavy atom. The van der Waals surface area contributed by atoms with Crippen LogP contribution in [-0.2, 0) is 0 Å². The Labute approximate surface area is 84.2 Å². The van der Waals surface area contributed by atoms with Crippen molar-refractivity contribution in [3.05, 3.63) is 16.8 Å². The second kappa shape index (κ2) is 4.34. The molecule has 1 rings (SSSR count). The summed E-state index contributed by atoms with van der Waals surface area (Å²) in [6.07, 6.45) is 0. The smallest absolute Gasteiger partial charge is 0.0766 e. The summed E-state index contributed by atoms with van der Waals surface area (Å²) in [4.78, 5) is 0. The van der Waals surface area contributed by atoms with E-state index in [0.29, 0.717) is 0 Å². The van der Waals surface area contributed by atoms with Crippen molar-refractivity contribution in [2.45, 2.75) is 20.8 Å². The van der Waals surface area contributed by atoms with Gasteiger partial charge in [0.2, 0.25) is 0 Å². The number of nitrogens with one attached hydrogen (secondary N) is 1. The highest BCUT2D eigenvalue weighted by molar-refractivity contribution is 7.08. The Morgan fingerprint density at radius 3 is 2.77 bits per heavy atom. The quantitative estimate of drug-likeness (QED) is 0.711. The third-order valence-electron chi connectivity index (χ3n) is 1.37. The van der Waals surface area contributed by atoms with Gasteiger partial charge < -0.3 is 5.32 Å². The molecule has 0 bridgehead atoms. The first-order valence-electron chi connectivity index (χ1n) is 4.34. The Morgan fingerprint density at radius 1 is 1.46 bits per heavy atom. The number of hydrogen-bond acceptors (Lipinski definition) is 2. The minimum atomic E-state index is 0.107. The maximum atomic E-state index is 3.23. The fraction of sp³-hybridized carbons (Fsp3) is 0.455. The van der Waals surface area contributed by atoms with Gasteiger partial charge in [0, 0.05) is 16.5 Å². The lowest BCUT2D eigenvalue weighted by Gasteiger charge is -2.06. The van der Waals surface area contributed by atoms with Gasteiger partial charge in [-0.25, -0.2) is 0 Å². The Balaban J connectivity index is 2.32. The summed E-state index contributed by atoms with van der Waals surface area (Å²) in [5.74, 6) is 6.28. The number of thiophene rings is 1. The van der Waals surface area contributed by atoms with Crippen LogP contribution >= 0.6 is 11.3 Å². The van der Waals surface area contributed by atoms with Crippen LogP contribution in [0, 0.1) is 17.3 Å². The molecular weight excluding hydrogens is 178 g/mol. The maximum absolute atomic E-state index is 3.23. The highest BCUT2D eigenvalue weighted by atomic mass is 32.1.